The lowest BCUT2D eigenvalue weighted by Gasteiger charge is -2.39. The molecule has 1 saturated heterocycles. The largest absolute Gasteiger partial charge is 0.395 e. The van der Waals surface area contributed by atoms with E-state index in [2.05, 4.69) is 16.8 Å². The van der Waals surface area contributed by atoms with E-state index in [0.29, 0.717) is 11.1 Å². The van der Waals surface area contributed by atoms with Crippen LogP contribution in [-0.2, 0) is 6.54 Å². The van der Waals surface area contributed by atoms with Gasteiger partial charge in [-0.15, -0.1) is 0 Å². The molecule has 0 aromatic carbocycles. The maximum atomic E-state index is 9.42. The molecule has 1 aliphatic heterocycles. The number of rotatable bonds is 3. The smallest absolute Gasteiger partial charge is 0.0589 e. The number of nitrogens with zero attached hydrogens (tertiary/aromatic N) is 2. The van der Waals surface area contributed by atoms with Crippen LogP contribution < -0.4 is 0 Å². The summed E-state index contributed by atoms with van der Waals surface area (Å²) in [6.07, 6.45) is 5.16. The van der Waals surface area contributed by atoms with E-state index in [9.17, 15) is 5.11 Å². The average Bonchev–Trinajstić information content (AvgIpc) is 2.34. The third-order valence-corrected chi connectivity index (χ3v) is 3.76. The molecule has 94 valence electrons. The molecule has 2 heterocycles. The number of aliphatic hydroxyl groups excluding tert-OH is 1. The van der Waals surface area contributed by atoms with Crippen LogP contribution >= 0.6 is 11.6 Å². The first-order valence-electron chi connectivity index (χ1n) is 6.17. The number of aromatic nitrogens is 1. The molecule has 0 bridgehead atoms. The number of likely N-dealkylation sites (tertiary alicyclic amines) is 1. The molecule has 1 aromatic rings. The Labute approximate surface area is 107 Å². The van der Waals surface area contributed by atoms with Crippen molar-refractivity contribution in [3.63, 3.8) is 0 Å². The molecule has 1 N–H and O–H groups in total. The highest BCUT2D eigenvalue weighted by Gasteiger charge is 2.27. The van der Waals surface area contributed by atoms with Crippen LogP contribution in [0, 0.1) is 0 Å². The molecule has 3 nitrogen and oxygen atoms in total. The minimum absolute atomic E-state index is 0.234. The van der Waals surface area contributed by atoms with Crippen molar-refractivity contribution in [3.8, 4) is 0 Å². The fraction of sp³-hybridized carbons (Fsp3) is 0.615. The molecule has 0 spiro atoms. The van der Waals surface area contributed by atoms with E-state index >= 15 is 0 Å². The Kier molecular flexibility index (Phi) is 4.37. The minimum atomic E-state index is 0.234. The second-order valence-corrected chi connectivity index (χ2v) is 5.19. The summed E-state index contributed by atoms with van der Waals surface area (Å²) in [4.78, 5) is 6.67. The third-order valence-electron chi connectivity index (χ3n) is 3.54. The lowest BCUT2D eigenvalue weighted by atomic mass is 9.96. The molecule has 2 rings (SSSR count). The Morgan fingerprint density at radius 3 is 2.94 bits per heavy atom. The van der Waals surface area contributed by atoms with Crippen molar-refractivity contribution in [2.75, 3.05) is 6.61 Å². The van der Waals surface area contributed by atoms with Crippen molar-refractivity contribution in [2.45, 2.75) is 44.8 Å². The highest BCUT2D eigenvalue weighted by atomic mass is 35.5. The second-order valence-electron chi connectivity index (χ2n) is 4.76. The highest BCUT2D eigenvalue weighted by Crippen LogP contribution is 2.24. The molecule has 1 aromatic heterocycles. The van der Waals surface area contributed by atoms with E-state index in [-0.39, 0.29) is 12.6 Å². The van der Waals surface area contributed by atoms with Crippen molar-refractivity contribution in [1.29, 1.82) is 0 Å². The molecule has 2 atom stereocenters. The predicted molar refractivity (Wildman–Crippen MR) is 69.0 cm³/mol. The Morgan fingerprint density at radius 2 is 2.29 bits per heavy atom. The first-order chi connectivity index (χ1) is 8.20. The van der Waals surface area contributed by atoms with Gasteiger partial charge in [0.15, 0.2) is 0 Å². The molecular formula is C13H19ClN2O. The summed E-state index contributed by atoms with van der Waals surface area (Å²) >= 11 is 5.82. The van der Waals surface area contributed by atoms with Gasteiger partial charge in [0.25, 0.3) is 0 Å². The summed E-state index contributed by atoms with van der Waals surface area (Å²) in [6.45, 7) is 3.25. The van der Waals surface area contributed by atoms with E-state index < -0.39 is 0 Å². The number of pyridine rings is 1. The van der Waals surface area contributed by atoms with Crippen molar-refractivity contribution >= 4 is 11.6 Å². The normalized spacial score (nSPS) is 26.1. The first kappa shape index (κ1) is 12.8. The second kappa shape index (κ2) is 5.80. The molecule has 0 saturated carbocycles. The Morgan fingerprint density at radius 1 is 1.47 bits per heavy atom. The first-order valence-corrected chi connectivity index (χ1v) is 6.55. The summed E-state index contributed by atoms with van der Waals surface area (Å²) in [5.74, 6) is 0. The quantitative estimate of drug-likeness (QED) is 0.900. The lowest BCUT2D eigenvalue weighted by Crippen LogP contribution is -2.46. The minimum Gasteiger partial charge on any atom is -0.395 e. The van der Waals surface area contributed by atoms with Gasteiger partial charge < -0.3 is 5.11 Å². The fourth-order valence-electron chi connectivity index (χ4n) is 2.51. The fourth-order valence-corrected chi connectivity index (χ4v) is 2.62. The molecule has 1 aliphatic rings. The monoisotopic (exact) mass is 254 g/mol. The predicted octanol–water partition coefficient (Wildman–Crippen LogP) is 2.47. The molecule has 4 heteroatoms. The van der Waals surface area contributed by atoms with Gasteiger partial charge in [0.2, 0.25) is 0 Å². The number of hydrogen-bond acceptors (Lipinski definition) is 3. The van der Waals surface area contributed by atoms with Gasteiger partial charge in [-0.1, -0.05) is 18.0 Å². The number of halogens is 1. The third kappa shape index (κ3) is 3.18. The van der Waals surface area contributed by atoms with Gasteiger partial charge in [-0.3, -0.25) is 9.88 Å². The molecule has 1 fully saturated rings. The zero-order valence-corrected chi connectivity index (χ0v) is 10.9. The number of aliphatic hydroxyl groups is 1. The molecule has 0 radical (unpaired) electrons. The molecule has 0 aliphatic carbocycles. The Balaban J connectivity index is 2.06. The van der Waals surface area contributed by atoms with Gasteiger partial charge in [0.05, 0.1) is 17.3 Å². The SMILES string of the molecule is CC1CCCC(CO)N1Cc1ccc(Cl)cn1. The van der Waals surface area contributed by atoms with Gasteiger partial charge in [-0.2, -0.15) is 0 Å². The van der Waals surface area contributed by atoms with Crippen molar-refractivity contribution in [1.82, 2.24) is 9.88 Å². The van der Waals surface area contributed by atoms with E-state index in [1.807, 2.05) is 12.1 Å². The van der Waals surface area contributed by atoms with E-state index in [0.717, 1.165) is 18.7 Å². The summed E-state index contributed by atoms with van der Waals surface area (Å²) in [7, 11) is 0. The number of piperidine rings is 1. The summed E-state index contributed by atoms with van der Waals surface area (Å²) in [5, 5.41) is 10.1. The zero-order chi connectivity index (χ0) is 12.3. The van der Waals surface area contributed by atoms with Gasteiger partial charge in [0.1, 0.15) is 0 Å². The summed E-state index contributed by atoms with van der Waals surface area (Å²) in [5.41, 5.74) is 1.02. The van der Waals surface area contributed by atoms with Crippen LogP contribution in [0.25, 0.3) is 0 Å². The molecular weight excluding hydrogens is 236 g/mol. The van der Waals surface area contributed by atoms with Gasteiger partial charge in [-0.05, 0) is 31.9 Å². The van der Waals surface area contributed by atoms with Gasteiger partial charge >= 0.3 is 0 Å². The standard InChI is InChI=1S/C13H19ClN2O/c1-10-3-2-4-13(9-17)16(10)8-12-6-5-11(14)7-15-12/h5-7,10,13,17H,2-4,8-9H2,1H3. The zero-order valence-electron chi connectivity index (χ0n) is 10.1. The average molecular weight is 255 g/mol. The van der Waals surface area contributed by atoms with Crippen LogP contribution in [0.5, 0.6) is 0 Å². The van der Waals surface area contributed by atoms with Crippen LogP contribution in [-0.4, -0.2) is 33.7 Å². The van der Waals surface area contributed by atoms with Crippen LogP contribution in [0.4, 0.5) is 0 Å². The molecule has 0 amide bonds. The van der Waals surface area contributed by atoms with Crippen molar-refractivity contribution in [3.05, 3.63) is 29.0 Å². The Bertz CT molecular complexity index is 355. The van der Waals surface area contributed by atoms with Gasteiger partial charge in [-0.25, -0.2) is 0 Å². The molecule has 2 unspecified atom stereocenters. The maximum absolute atomic E-state index is 9.42. The van der Waals surface area contributed by atoms with Crippen molar-refractivity contribution in [2.24, 2.45) is 0 Å². The van der Waals surface area contributed by atoms with Crippen LogP contribution in [0.2, 0.25) is 5.02 Å². The van der Waals surface area contributed by atoms with Crippen LogP contribution in [0.1, 0.15) is 31.9 Å². The summed E-state index contributed by atoms with van der Waals surface area (Å²) in [6, 6.07) is 4.61. The van der Waals surface area contributed by atoms with E-state index in [1.165, 1.54) is 12.8 Å². The maximum Gasteiger partial charge on any atom is 0.0589 e. The number of hydrogen-bond donors (Lipinski definition) is 1. The summed E-state index contributed by atoms with van der Waals surface area (Å²) < 4.78 is 0. The van der Waals surface area contributed by atoms with E-state index in [1.54, 1.807) is 6.20 Å². The lowest BCUT2D eigenvalue weighted by molar-refractivity contribution is 0.0442. The highest BCUT2D eigenvalue weighted by molar-refractivity contribution is 6.30. The topological polar surface area (TPSA) is 36.4 Å². The van der Waals surface area contributed by atoms with Crippen LogP contribution in [0.3, 0.4) is 0 Å². The van der Waals surface area contributed by atoms with Gasteiger partial charge in [0, 0.05) is 24.8 Å². The Hall–Kier alpha value is -0.640. The van der Waals surface area contributed by atoms with Crippen LogP contribution in [0.15, 0.2) is 18.3 Å². The van der Waals surface area contributed by atoms with Crippen molar-refractivity contribution < 1.29 is 5.11 Å². The molecule has 17 heavy (non-hydrogen) atoms. The van der Waals surface area contributed by atoms with E-state index in [4.69, 9.17) is 11.6 Å².